The summed E-state index contributed by atoms with van der Waals surface area (Å²) in [5, 5.41) is 16.4. The largest absolute Gasteiger partial charge is 0.456 e. The molecule has 0 amide bonds. The second-order valence-electron chi connectivity index (χ2n) is 16.6. The predicted octanol–water partition coefficient (Wildman–Crippen LogP) is 15.2. The Bertz CT molecular complexity index is 3770. The van der Waals surface area contributed by atoms with E-state index in [-0.39, 0.29) is 18.0 Å². The summed E-state index contributed by atoms with van der Waals surface area (Å²) in [6.07, 6.45) is 0.948. The van der Waals surface area contributed by atoms with Crippen molar-refractivity contribution in [3.8, 4) is 5.69 Å². The number of nitrogens with zero attached hydrogens (tertiary/aromatic N) is 2. The van der Waals surface area contributed by atoms with Crippen molar-refractivity contribution < 1.29 is 4.42 Å². The van der Waals surface area contributed by atoms with Gasteiger partial charge in [0.1, 0.15) is 17.0 Å². The molecule has 13 rings (SSSR count). The first kappa shape index (κ1) is 34.6. The van der Waals surface area contributed by atoms with Crippen LogP contribution in [0.15, 0.2) is 191 Å². The van der Waals surface area contributed by atoms with Crippen LogP contribution in [0.5, 0.6) is 0 Å². The van der Waals surface area contributed by atoms with Crippen LogP contribution in [-0.4, -0.2) is 10.4 Å². The molecule has 2 unspecified atom stereocenters. The molecule has 0 saturated heterocycles. The van der Waals surface area contributed by atoms with Gasteiger partial charge in [-0.1, -0.05) is 134 Å². The average molecular weight is 802 g/mol. The van der Waals surface area contributed by atoms with Crippen molar-refractivity contribution in [2.45, 2.75) is 25.4 Å². The highest BCUT2D eigenvalue weighted by Gasteiger charge is 2.37. The van der Waals surface area contributed by atoms with Gasteiger partial charge in [0.2, 0.25) is 0 Å². The van der Waals surface area contributed by atoms with Crippen LogP contribution in [-0.2, 0) is 0 Å². The third kappa shape index (κ3) is 5.27. The minimum Gasteiger partial charge on any atom is -0.456 e. The van der Waals surface area contributed by atoms with E-state index in [9.17, 15) is 0 Å². The van der Waals surface area contributed by atoms with Crippen molar-refractivity contribution in [1.82, 2.24) is 9.88 Å². The lowest BCUT2D eigenvalue weighted by atomic mass is 9.79. The average Bonchev–Trinajstić information content (AvgIpc) is 3.99. The van der Waals surface area contributed by atoms with Crippen molar-refractivity contribution in [2.75, 3.05) is 0 Å². The van der Waals surface area contributed by atoms with Gasteiger partial charge in [0.15, 0.2) is 0 Å². The summed E-state index contributed by atoms with van der Waals surface area (Å²) in [5.74, 6) is 1.06. The molecule has 3 aromatic heterocycles. The van der Waals surface area contributed by atoms with E-state index >= 15 is 0 Å². The molecule has 1 aliphatic rings. The van der Waals surface area contributed by atoms with E-state index in [2.05, 4.69) is 199 Å². The maximum Gasteiger partial charge on any atom is 0.138 e. The highest BCUT2D eigenvalue weighted by atomic mass is 32.1. The minimum atomic E-state index is -0.104. The summed E-state index contributed by atoms with van der Waals surface area (Å²) in [6.45, 7) is 2.33. The lowest BCUT2D eigenvalue weighted by Gasteiger charge is -2.38. The molecule has 3 atom stereocenters. The number of hydrogen-bond acceptors (Lipinski definition) is 4. The van der Waals surface area contributed by atoms with Crippen LogP contribution >= 0.6 is 11.3 Å². The number of amidine groups is 1. The zero-order valence-corrected chi connectivity index (χ0v) is 34.3. The van der Waals surface area contributed by atoms with Crippen molar-refractivity contribution in [1.29, 1.82) is 0 Å². The molecule has 12 aromatic rings. The van der Waals surface area contributed by atoms with Crippen LogP contribution in [0.25, 0.3) is 91.1 Å². The minimum absolute atomic E-state index is 0.0212. The highest BCUT2D eigenvalue weighted by Crippen LogP contribution is 2.47. The number of aromatic nitrogens is 1. The van der Waals surface area contributed by atoms with E-state index in [1.807, 2.05) is 11.3 Å². The Labute approximate surface area is 356 Å². The predicted molar refractivity (Wildman–Crippen MR) is 258 cm³/mol. The number of hydrogen-bond donors (Lipinski definition) is 1. The molecule has 0 saturated carbocycles. The fourth-order valence-electron chi connectivity index (χ4n) is 10.5. The van der Waals surface area contributed by atoms with Gasteiger partial charge in [-0.25, -0.2) is 0 Å². The molecular weight excluding hydrogens is 763 g/mol. The van der Waals surface area contributed by atoms with Crippen LogP contribution < -0.4 is 5.32 Å². The topological polar surface area (TPSA) is 42.5 Å². The number of thiophene rings is 1. The Kier molecular flexibility index (Phi) is 7.61. The standard InChI is InChI=1S/C56H39N3OS/c1-2-39-54(37-27-26-33-14-3-4-15-34(33)28-37)57-56(58-55(39)43-21-13-25-51-53(43)42-20-9-12-24-50(42)61-51)45-31-38(32-49-52(45)41-19-8-11-23-48(41)60-49)59-46-22-10-7-18-40(46)44-29-35-16-5-6-17-36(35)30-47(44)59/h3-32,39,54-55H,2H2,1H3,(H,57,58)/t39-,54?,55?/m1/s1. The van der Waals surface area contributed by atoms with Gasteiger partial charge in [0.05, 0.1) is 28.8 Å². The van der Waals surface area contributed by atoms with Gasteiger partial charge in [0.25, 0.3) is 0 Å². The lowest BCUT2D eigenvalue weighted by molar-refractivity contribution is 0.312. The Morgan fingerprint density at radius 1 is 0.557 bits per heavy atom. The van der Waals surface area contributed by atoms with E-state index in [1.54, 1.807) is 0 Å². The van der Waals surface area contributed by atoms with Gasteiger partial charge >= 0.3 is 0 Å². The Balaban J connectivity index is 1.11. The summed E-state index contributed by atoms with van der Waals surface area (Å²) in [5.41, 5.74) is 8.65. The number of fused-ring (bicyclic) bond motifs is 11. The van der Waals surface area contributed by atoms with E-state index in [0.717, 1.165) is 56.5 Å². The second-order valence-corrected chi connectivity index (χ2v) is 17.7. The fourth-order valence-corrected chi connectivity index (χ4v) is 11.6. The van der Waals surface area contributed by atoms with Gasteiger partial charge in [-0.05, 0) is 87.6 Å². The molecule has 4 heterocycles. The van der Waals surface area contributed by atoms with Crippen LogP contribution in [0, 0.1) is 5.92 Å². The zero-order valence-electron chi connectivity index (χ0n) is 33.5. The van der Waals surface area contributed by atoms with E-state index in [0.29, 0.717) is 0 Å². The molecule has 4 nitrogen and oxygen atoms in total. The Morgan fingerprint density at radius 3 is 2.11 bits per heavy atom. The number of nitrogens with one attached hydrogen (secondary N) is 1. The second kappa shape index (κ2) is 13.4. The molecule has 0 spiro atoms. The molecule has 1 aliphatic heterocycles. The van der Waals surface area contributed by atoms with Crippen LogP contribution in [0.1, 0.15) is 42.1 Å². The lowest BCUT2D eigenvalue weighted by Crippen LogP contribution is -2.41. The van der Waals surface area contributed by atoms with Gasteiger partial charge in [-0.15, -0.1) is 11.3 Å². The normalized spacial score (nSPS) is 17.1. The van der Waals surface area contributed by atoms with Crippen LogP contribution in [0.3, 0.4) is 0 Å². The quantitative estimate of drug-likeness (QED) is 0.188. The summed E-state index contributed by atoms with van der Waals surface area (Å²) in [4.78, 5) is 5.87. The monoisotopic (exact) mass is 801 g/mol. The highest BCUT2D eigenvalue weighted by molar-refractivity contribution is 7.25. The van der Waals surface area contributed by atoms with Gasteiger partial charge in [-0.2, -0.15) is 0 Å². The van der Waals surface area contributed by atoms with Crippen LogP contribution in [0.4, 0.5) is 0 Å². The van der Waals surface area contributed by atoms with Crippen molar-refractivity contribution in [2.24, 2.45) is 10.9 Å². The maximum atomic E-state index is 6.83. The van der Waals surface area contributed by atoms with Gasteiger partial charge in [-0.3, -0.25) is 4.99 Å². The molecule has 290 valence electrons. The summed E-state index contributed by atoms with van der Waals surface area (Å²) in [6, 6.07) is 66.4. The number of para-hydroxylation sites is 2. The van der Waals surface area contributed by atoms with Gasteiger partial charge in [0, 0.05) is 59.3 Å². The zero-order chi connectivity index (χ0) is 40.2. The first-order valence-corrected chi connectivity index (χ1v) is 22.1. The molecule has 1 N–H and O–H groups in total. The third-order valence-electron chi connectivity index (χ3n) is 13.3. The molecule has 0 bridgehead atoms. The number of benzene rings is 9. The fraction of sp³-hybridized carbons (Fsp3) is 0.0893. The van der Waals surface area contributed by atoms with Crippen molar-refractivity contribution in [3.05, 3.63) is 199 Å². The van der Waals surface area contributed by atoms with E-state index in [1.165, 1.54) is 63.6 Å². The molecule has 0 fully saturated rings. The van der Waals surface area contributed by atoms with Crippen molar-refractivity contribution >= 4 is 103 Å². The molecule has 5 heteroatoms. The first-order chi connectivity index (χ1) is 30.2. The molecule has 0 aliphatic carbocycles. The van der Waals surface area contributed by atoms with Gasteiger partial charge < -0.3 is 14.3 Å². The summed E-state index contributed by atoms with van der Waals surface area (Å²) in [7, 11) is 0. The summed E-state index contributed by atoms with van der Waals surface area (Å²) < 4.78 is 11.9. The number of rotatable bonds is 5. The molecule has 61 heavy (non-hydrogen) atoms. The SMILES string of the molecule is CC[C@@H]1C(c2ccc3ccccc3c2)N=C(c2cc(-n3c4ccccc4c4cc5ccccc5cc43)cc3oc4ccccc4c23)NC1c1cccc2sc3ccccc3c12. The van der Waals surface area contributed by atoms with E-state index in [4.69, 9.17) is 9.41 Å². The third-order valence-corrected chi connectivity index (χ3v) is 14.4. The van der Waals surface area contributed by atoms with Crippen molar-refractivity contribution in [3.63, 3.8) is 0 Å². The summed E-state index contributed by atoms with van der Waals surface area (Å²) >= 11 is 1.88. The number of aliphatic imine (C=N–C) groups is 1. The maximum absolute atomic E-state index is 6.83. The first-order valence-electron chi connectivity index (χ1n) is 21.3. The molecular formula is C56H39N3OS. The number of furan rings is 1. The van der Waals surface area contributed by atoms with E-state index < -0.39 is 0 Å². The Morgan fingerprint density at radius 2 is 1.26 bits per heavy atom. The van der Waals surface area contributed by atoms with Crippen LogP contribution in [0.2, 0.25) is 0 Å². The smallest absolute Gasteiger partial charge is 0.138 e. The molecule has 9 aromatic carbocycles. The Hall–Kier alpha value is -7.21. The molecule has 0 radical (unpaired) electrons.